The van der Waals surface area contributed by atoms with Gasteiger partial charge >= 0.3 is 0 Å². The molecule has 0 radical (unpaired) electrons. The number of carbonyl (C=O) groups is 1. The second-order valence-electron chi connectivity index (χ2n) is 7.70. The summed E-state index contributed by atoms with van der Waals surface area (Å²) in [7, 11) is -1.42. The van der Waals surface area contributed by atoms with Crippen LogP contribution >= 0.6 is 0 Å². The van der Waals surface area contributed by atoms with Crippen molar-refractivity contribution >= 4 is 15.9 Å². The van der Waals surface area contributed by atoms with E-state index >= 15 is 0 Å². The van der Waals surface area contributed by atoms with E-state index in [9.17, 15) is 13.2 Å². The van der Waals surface area contributed by atoms with Crippen LogP contribution < -0.4 is 4.74 Å². The number of methoxy groups -OCH3 is 1. The maximum Gasteiger partial charge on any atom is 0.222 e. The monoisotopic (exact) mass is 394 g/mol. The maximum atomic E-state index is 12.6. The second-order valence-corrected chi connectivity index (χ2v) is 9.68. The molecule has 2 heterocycles. The number of sulfonamides is 1. The van der Waals surface area contributed by atoms with Gasteiger partial charge in [0, 0.05) is 32.6 Å². The first-order chi connectivity index (χ1) is 12.9. The third kappa shape index (κ3) is 5.02. The molecule has 0 spiro atoms. The van der Waals surface area contributed by atoms with Crippen LogP contribution in [0.4, 0.5) is 0 Å². The van der Waals surface area contributed by atoms with E-state index in [1.165, 1.54) is 6.26 Å². The molecular weight excluding hydrogens is 364 g/mol. The summed E-state index contributed by atoms with van der Waals surface area (Å²) in [6.45, 7) is 2.86. The molecule has 3 rings (SSSR count). The Morgan fingerprint density at radius 3 is 2.44 bits per heavy atom. The number of likely N-dealkylation sites (tertiary alicyclic amines) is 1. The van der Waals surface area contributed by atoms with Crippen LogP contribution in [0, 0.1) is 11.8 Å². The number of ether oxygens (including phenoxy) is 1. The van der Waals surface area contributed by atoms with Gasteiger partial charge in [0.15, 0.2) is 0 Å². The second kappa shape index (κ2) is 8.61. The lowest BCUT2D eigenvalue weighted by Gasteiger charge is -2.33. The number of aryl methyl sites for hydroxylation is 1. The summed E-state index contributed by atoms with van der Waals surface area (Å²) < 4.78 is 30.2. The lowest BCUT2D eigenvalue weighted by atomic mass is 9.84. The molecule has 0 bridgehead atoms. The fourth-order valence-corrected chi connectivity index (χ4v) is 5.26. The normalized spacial score (nSPS) is 22.1. The fourth-order valence-electron chi connectivity index (χ4n) is 4.39. The first-order valence-corrected chi connectivity index (χ1v) is 11.6. The van der Waals surface area contributed by atoms with Gasteiger partial charge in [-0.1, -0.05) is 18.2 Å². The van der Waals surface area contributed by atoms with E-state index in [4.69, 9.17) is 4.74 Å². The van der Waals surface area contributed by atoms with Gasteiger partial charge in [0.2, 0.25) is 15.9 Å². The van der Waals surface area contributed by atoms with Crippen LogP contribution in [0.3, 0.4) is 0 Å². The van der Waals surface area contributed by atoms with E-state index in [0.717, 1.165) is 43.7 Å². The van der Waals surface area contributed by atoms with E-state index in [1.807, 2.05) is 29.2 Å². The van der Waals surface area contributed by atoms with Crippen molar-refractivity contribution in [2.24, 2.45) is 11.8 Å². The minimum absolute atomic E-state index is 0.206. The average Bonchev–Trinajstić information content (AvgIpc) is 3.16. The largest absolute Gasteiger partial charge is 0.496 e. The number of nitrogens with zero attached hydrogens (tertiary/aromatic N) is 2. The van der Waals surface area contributed by atoms with Crippen LogP contribution in [0.2, 0.25) is 0 Å². The predicted octanol–water partition coefficient (Wildman–Crippen LogP) is 2.15. The maximum absolute atomic E-state index is 12.6. The highest BCUT2D eigenvalue weighted by Gasteiger charge is 2.35. The quantitative estimate of drug-likeness (QED) is 0.741. The van der Waals surface area contributed by atoms with E-state index < -0.39 is 10.0 Å². The Kier molecular flexibility index (Phi) is 6.42. The van der Waals surface area contributed by atoms with E-state index in [0.29, 0.717) is 37.8 Å². The number of carbonyl (C=O) groups excluding carboxylic acids is 1. The van der Waals surface area contributed by atoms with E-state index in [-0.39, 0.29) is 5.91 Å². The van der Waals surface area contributed by atoms with E-state index in [2.05, 4.69) is 0 Å². The van der Waals surface area contributed by atoms with Crippen molar-refractivity contribution in [1.29, 1.82) is 0 Å². The Bertz CT molecular complexity index is 757. The number of benzene rings is 1. The van der Waals surface area contributed by atoms with Crippen molar-refractivity contribution in [3.8, 4) is 5.75 Å². The molecule has 7 heteroatoms. The summed E-state index contributed by atoms with van der Waals surface area (Å²) >= 11 is 0. The zero-order valence-corrected chi connectivity index (χ0v) is 17.1. The summed E-state index contributed by atoms with van der Waals surface area (Å²) in [6.07, 6.45) is 5.31. The molecule has 1 amide bonds. The van der Waals surface area contributed by atoms with Crippen LogP contribution in [0.1, 0.15) is 31.2 Å². The highest BCUT2D eigenvalue weighted by molar-refractivity contribution is 7.88. The summed E-state index contributed by atoms with van der Waals surface area (Å²) in [5.41, 5.74) is 1.07. The van der Waals surface area contributed by atoms with Crippen molar-refractivity contribution in [1.82, 2.24) is 9.21 Å². The summed E-state index contributed by atoms with van der Waals surface area (Å²) in [5, 5.41) is 0. The third-order valence-corrected chi connectivity index (χ3v) is 7.32. The predicted molar refractivity (Wildman–Crippen MR) is 105 cm³/mol. The van der Waals surface area contributed by atoms with Gasteiger partial charge in [-0.25, -0.2) is 12.7 Å². The van der Waals surface area contributed by atoms with Gasteiger partial charge < -0.3 is 9.64 Å². The Hall–Kier alpha value is -1.60. The number of para-hydroxylation sites is 1. The number of hydrogen-bond acceptors (Lipinski definition) is 4. The van der Waals surface area contributed by atoms with Gasteiger partial charge in [-0.05, 0) is 49.1 Å². The number of hydrogen-bond donors (Lipinski definition) is 0. The molecule has 0 N–H and O–H groups in total. The lowest BCUT2D eigenvalue weighted by molar-refractivity contribution is -0.130. The Morgan fingerprint density at radius 1 is 1.11 bits per heavy atom. The average molecular weight is 395 g/mol. The molecule has 2 saturated heterocycles. The van der Waals surface area contributed by atoms with Crippen molar-refractivity contribution in [3.05, 3.63) is 29.8 Å². The number of rotatable bonds is 6. The van der Waals surface area contributed by atoms with Gasteiger partial charge in [0.05, 0.1) is 13.4 Å². The Balaban J connectivity index is 1.47. The molecule has 1 aromatic rings. The molecule has 6 nitrogen and oxygen atoms in total. The molecular formula is C20H30N2O4S. The molecule has 1 atom stereocenters. The third-order valence-electron chi connectivity index (χ3n) is 6.01. The van der Waals surface area contributed by atoms with Crippen molar-refractivity contribution in [3.63, 3.8) is 0 Å². The van der Waals surface area contributed by atoms with Crippen LogP contribution in [-0.4, -0.2) is 63.1 Å². The fraction of sp³-hybridized carbons (Fsp3) is 0.650. The Labute approximate surface area is 162 Å². The highest BCUT2D eigenvalue weighted by atomic mass is 32.2. The molecule has 2 fully saturated rings. The molecule has 0 saturated carbocycles. The van der Waals surface area contributed by atoms with Gasteiger partial charge in [0.1, 0.15) is 5.75 Å². The topological polar surface area (TPSA) is 66.9 Å². The van der Waals surface area contributed by atoms with Gasteiger partial charge in [-0.15, -0.1) is 0 Å². The van der Waals surface area contributed by atoms with Crippen molar-refractivity contribution in [2.75, 3.05) is 39.5 Å². The van der Waals surface area contributed by atoms with E-state index in [1.54, 1.807) is 11.4 Å². The minimum Gasteiger partial charge on any atom is -0.496 e. The Morgan fingerprint density at radius 2 is 1.78 bits per heavy atom. The van der Waals surface area contributed by atoms with Crippen LogP contribution in [-0.2, 0) is 21.2 Å². The summed E-state index contributed by atoms with van der Waals surface area (Å²) in [4.78, 5) is 14.6. The first-order valence-electron chi connectivity index (χ1n) is 9.73. The van der Waals surface area contributed by atoms with Gasteiger partial charge in [0.25, 0.3) is 0 Å². The van der Waals surface area contributed by atoms with Crippen molar-refractivity contribution in [2.45, 2.75) is 32.1 Å². The lowest BCUT2D eigenvalue weighted by Crippen LogP contribution is -2.40. The minimum atomic E-state index is -3.08. The summed E-state index contributed by atoms with van der Waals surface area (Å²) in [6, 6.07) is 7.84. The molecule has 0 aromatic heterocycles. The smallest absolute Gasteiger partial charge is 0.222 e. The zero-order chi connectivity index (χ0) is 19.4. The SMILES string of the molecule is COc1ccccc1CCC(=O)N1CCC(C2CCN(S(C)(=O)=O)CC2)C1. The van der Waals surface area contributed by atoms with Gasteiger partial charge in [-0.3, -0.25) is 4.79 Å². The molecule has 1 aromatic carbocycles. The molecule has 1 unspecified atom stereocenters. The summed E-state index contributed by atoms with van der Waals surface area (Å²) in [5.74, 6) is 2.07. The number of piperidine rings is 1. The van der Waals surface area contributed by atoms with Crippen LogP contribution in [0.5, 0.6) is 5.75 Å². The highest BCUT2D eigenvalue weighted by Crippen LogP contribution is 2.32. The van der Waals surface area contributed by atoms with Gasteiger partial charge in [-0.2, -0.15) is 0 Å². The molecule has 27 heavy (non-hydrogen) atoms. The number of amides is 1. The molecule has 0 aliphatic carbocycles. The standard InChI is InChI=1S/C20H30N2O4S/c1-26-19-6-4-3-5-17(19)7-8-20(23)21-12-9-18(15-21)16-10-13-22(14-11-16)27(2,24)25/h3-6,16,18H,7-15H2,1-2H3. The molecule has 150 valence electrons. The first kappa shape index (κ1) is 20.1. The molecule has 2 aliphatic heterocycles. The zero-order valence-electron chi connectivity index (χ0n) is 16.3. The molecule has 2 aliphatic rings. The van der Waals surface area contributed by atoms with Crippen molar-refractivity contribution < 1.29 is 17.9 Å². The van der Waals surface area contributed by atoms with Crippen LogP contribution in [0.15, 0.2) is 24.3 Å². The van der Waals surface area contributed by atoms with Crippen LogP contribution in [0.25, 0.3) is 0 Å².